The van der Waals surface area contributed by atoms with Crippen molar-refractivity contribution in [3.8, 4) is 0 Å². The molecule has 1 heterocycles. The van der Waals surface area contributed by atoms with Crippen LogP contribution in [0.4, 0.5) is 4.39 Å². The topological polar surface area (TPSA) is 36.4 Å². The highest BCUT2D eigenvalue weighted by Gasteiger charge is 2.02. The van der Waals surface area contributed by atoms with E-state index in [1.54, 1.807) is 19.2 Å². The molecule has 2 N–H and O–H groups in total. The summed E-state index contributed by atoms with van der Waals surface area (Å²) in [5.41, 5.74) is 1.02. The van der Waals surface area contributed by atoms with E-state index >= 15 is 0 Å². The van der Waals surface area contributed by atoms with Crippen molar-refractivity contribution in [2.45, 2.75) is 26.4 Å². The van der Waals surface area contributed by atoms with Gasteiger partial charge in [0.15, 0.2) is 5.96 Å². The quantitative estimate of drug-likeness (QED) is 0.426. The first kappa shape index (κ1) is 18.9. The van der Waals surface area contributed by atoms with E-state index in [4.69, 9.17) is 0 Å². The molecule has 0 saturated heterocycles. The van der Waals surface area contributed by atoms with Crippen LogP contribution in [0.2, 0.25) is 0 Å². The maximum absolute atomic E-state index is 12.8. The Labute approximate surface area is 152 Å². The molecule has 0 saturated carbocycles. The van der Waals surface area contributed by atoms with Gasteiger partial charge in [-0.2, -0.15) is 0 Å². The lowest BCUT2D eigenvalue weighted by Gasteiger charge is -2.11. The number of guanidine groups is 1. The van der Waals surface area contributed by atoms with E-state index in [0.29, 0.717) is 6.54 Å². The van der Waals surface area contributed by atoms with Gasteiger partial charge in [-0.05, 0) is 36.2 Å². The van der Waals surface area contributed by atoms with Crippen molar-refractivity contribution in [1.82, 2.24) is 10.6 Å². The van der Waals surface area contributed by atoms with Gasteiger partial charge in [-0.1, -0.05) is 19.1 Å². The standard InChI is InChI=1S/C16H20FN3S.HI/c1-3-14-8-9-15(21-14)11-20-16(18-2)19-10-12-4-6-13(17)7-5-12;/h4-9H,3,10-11H2,1-2H3,(H2,18,19,20);1H. The van der Waals surface area contributed by atoms with E-state index in [2.05, 4.69) is 34.7 Å². The van der Waals surface area contributed by atoms with Crippen LogP contribution in [-0.4, -0.2) is 13.0 Å². The van der Waals surface area contributed by atoms with Crippen molar-refractivity contribution in [2.24, 2.45) is 4.99 Å². The molecule has 0 radical (unpaired) electrons. The zero-order chi connectivity index (χ0) is 15.1. The maximum Gasteiger partial charge on any atom is 0.191 e. The van der Waals surface area contributed by atoms with Crippen LogP contribution >= 0.6 is 35.3 Å². The molecule has 22 heavy (non-hydrogen) atoms. The summed E-state index contributed by atoms with van der Waals surface area (Å²) >= 11 is 1.81. The van der Waals surface area contributed by atoms with Crippen molar-refractivity contribution >= 4 is 41.3 Å². The Balaban J connectivity index is 0.00000242. The third-order valence-corrected chi connectivity index (χ3v) is 4.32. The lowest BCUT2D eigenvalue weighted by molar-refractivity contribution is 0.626. The van der Waals surface area contributed by atoms with Gasteiger partial charge in [0, 0.05) is 23.3 Å². The average molecular weight is 433 g/mol. The molecule has 0 aliphatic rings. The Kier molecular flexibility index (Phi) is 8.40. The third-order valence-electron chi connectivity index (χ3n) is 3.09. The minimum atomic E-state index is -0.217. The highest BCUT2D eigenvalue weighted by Crippen LogP contribution is 2.16. The van der Waals surface area contributed by atoms with Gasteiger partial charge >= 0.3 is 0 Å². The second kappa shape index (κ2) is 9.78. The molecule has 0 aliphatic carbocycles. The predicted octanol–water partition coefficient (Wildman–Crippen LogP) is 3.93. The normalized spacial score (nSPS) is 11.0. The Morgan fingerprint density at radius 2 is 1.68 bits per heavy atom. The summed E-state index contributed by atoms with van der Waals surface area (Å²) in [5.74, 6) is 0.524. The molecule has 6 heteroatoms. The SMILES string of the molecule is CCc1ccc(CNC(=NC)NCc2ccc(F)cc2)s1.I. The van der Waals surface area contributed by atoms with Gasteiger partial charge in [-0.25, -0.2) is 4.39 Å². The second-order valence-electron chi connectivity index (χ2n) is 4.63. The first-order valence-electron chi connectivity index (χ1n) is 6.97. The predicted molar refractivity (Wildman–Crippen MR) is 103 cm³/mol. The first-order valence-corrected chi connectivity index (χ1v) is 7.79. The van der Waals surface area contributed by atoms with Crippen LogP contribution in [0.15, 0.2) is 41.4 Å². The van der Waals surface area contributed by atoms with Crippen LogP contribution in [0.3, 0.4) is 0 Å². The fourth-order valence-electron chi connectivity index (χ4n) is 1.89. The highest BCUT2D eigenvalue weighted by molar-refractivity contribution is 14.0. The molecule has 0 bridgehead atoms. The molecule has 0 aliphatic heterocycles. The number of nitrogens with one attached hydrogen (secondary N) is 2. The van der Waals surface area contributed by atoms with E-state index in [1.165, 1.54) is 21.9 Å². The van der Waals surface area contributed by atoms with Gasteiger partial charge in [-0.3, -0.25) is 4.99 Å². The first-order chi connectivity index (χ1) is 10.2. The van der Waals surface area contributed by atoms with Crippen LogP contribution in [0.5, 0.6) is 0 Å². The van der Waals surface area contributed by atoms with Gasteiger partial charge in [0.25, 0.3) is 0 Å². The minimum absolute atomic E-state index is 0. The highest BCUT2D eigenvalue weighted by atomic mass is 127. The molecule has 1 aromatic heterocycles. The van der Waals surface area contributed by atoms with Crippen molar-refractivity contribution < 1.29 is 4.39 Å². The van der Waals surface area contributed by atoms with Crippen LogP contribution < -0.4 is 10.6 Å². The molecule has 0 amide bonds. The molecule has 2 aromatic rings. The smallest absolute Gasteiger partial charge is 0.191 e. The van der Waals surface area contributed by atoms with Crippen molar-refractivity contribution in [3.63, 3.8) is 0 Å². The van der Waals surface area contributed by atoms with Crippen molar-refractivity contribution in [1.29, 1.82) is 0 Å². The summed E-state index contributed by atoms with van der Waals surface area (Å²) < 4.78 is 12.8. The third kappa shape index (κ3) is 5.92. The number of nitrogens with zero attached hydrogens (tertiary/aromatic N) is 1. The number of aryl methyl sites for hydroxylation is 1. The molecule has 0 atom stereocenters. The fraction of sp³-hybridized carbons (Fsp3) is 0.312. The summed E-state index contributed by atoms with van der Waals surface area (Å²) in [7, 11) is 1.74. The molecule has 0 unspecified atom stereocenters. The van der Waals surface area contributed by atoms with Gasteiger partial charge in [0.1, 0.15) is 5.82 Å². The van der Waals surface area contributed by atoms with Gasteiger partial charge in [0.2, 0.25) is 0 Å². The molecular weight excluding hydrogens is 412 g/mol. The van der Waals surface area contributed by atoms with Crippen molar-refractivity contribution in [2.75, 3.05) is 7.05 Å². The molecule has 0 spiro atoms. The Hall–Kier alpha value is -1.15. The van der Waals surface area contributed by atoms with E-state index in [1.807, 2.05) is 11.3 Å². The largest absolute Gasteiger partial charge is 0.352 e. The molecule has 3 nitrogen and oxygen atoms in total. The van der Waals surface area contributed by atoms with Crippen LogP contribution in [0.1, 0.15) is 22.2 Å². The van der Waals surface area contributed by atoms with Gasteiger partial charge < -0.3 is 10.6 Å². The Bertz CT molecular complexity index is 596. The van der Waals surface area contributed by atoms with E-state index in [-0.39, 0.29) is 29.8 Å². The average Bonchev–Trinajstić information content (AvgIpc) is 2.97. The number of rotatable bonds is 5. The van der Waals surface area contributed by atoms with Gasteiger partial charge in [0.05, 0.1) is 6.54 Å². The van der Waals surface area contributed by atoms with E-state index in [0.717, 1.165) is 24.5 Å². The fourth-order valence-corrected chi connectivity index (χ4v) is 2.78. The Morgan fingerprint density at radius 3 is 2.27 bits per heavy atom. The number of benzene rings is 1. The molecular formula is C16H21FIN3S. The summed E-state index contributed by atoms with van der Waals surface area (Å²) in [5, 5.41) is 6.50. The number of hydrogen-bond donors (Lipinski definition) is 2. The molecule has 1 aromatic carbocycles. The Morgan fingerprint density at radius 1 is 1.05 bits per heavy atom. The number of thiophene rings is 1. The van der Waals surface area contributed by atoms with Crippen LogP contribution in [0.25, 0.3) is 0 Å². The minimum Gasteiger partial charge on any atom is -0.352 e. The summed E-state index contributed by atoms with van der Waals surface area (Å²) in [6.07, 6.45) is 1.07. The lowest BCUT2D eigenvalue weighted by Crippen LogP contribution is -2.36. The summed E-state index contributed by atoms with van der Waals surface area (Å²) in [6, 6.07) is 10.8. The number of hydrogen-bond acceptors (Lipinski definition) is 2. The molecule has 0 fully saturated rings. The van der Waals surface area contributed by atoms with Gasteiger partial charge in [-0.15, -0.1) is 35.3 Å². The van der Waals surface area contributed by atoms with Crippen LogP contribution in [-0.2, 0) is 19.5 Å². The number of halogens is 2. The lowest BCUT2D eigenvalue weighted by atomic mass is 10.2. The van der Waals surface area contributed by atoms with Crippen LogP contribution in [0, 0.1) is 5.82 Å². The second-order valence-corrected chi connectivity index (χ2v) is 5.88. The van der Waals surface area contributed by atoms with E-state index < -0.39 is 0 Å². The van der Waals surface area contributed by atoms with E-state index in [9.17, 15) is 4.39 Å². The van der Waals surface area contributed by atoms with Crippen molar-refractivity contribution in [3.05, 3.63) is 57.5 Å². The zero-order valence-electron chi connectivity index (χ0n) is 12.7. The number of aliphatic imine (C=N–C) groups is 1. The molecule has 120 valence electrons. The summed E-state index contributed by atoms with van der Waals surface area (Å²) in [4.78, 5) is 6.87. The summed E-state index contributed by atoms with van der Waals surface area (Å²) in [6.45, 7) is 3.53. The maximum atomic E-state index is 12.8. The molecule has 2 rings (SSSR count). The zero-order valence-corrected chi connectivity index (χ0v) is 15.9. The monoisotopic (exact) mass is 433 g/mol.